The lowest BCUT2D eigenvalue weighted by Gasteiger charge is -2.34. The minimum Gasteiger partial charge on any atom is -0.392 e. The van der Waals surface area contributed by atoms with Crippen LogP contribution in [0.25, 0.3) is 0 Å². The Balaban J connectivity index is 2.35. The molecule has 0 bridgehead atoms. The van der Waals surface area contributed by atoms with Crippen molar-refractivity contribution in [2.45, 2.75) is 50.7 Å². The van der Waals surface area contributed by atoms with E-state index in [2.05, 4.69) is 4.72 Å². The fraction of sp³-hybridized carbons (Fsp3) is 0.600. The van der Waals surface area contributed by atoms with Gasteiger partial charge < -0.3 is 9.84 Å². The molecule has 0 aromatic heterocycles. The molecular weight excluding hydrogens is 290 g/mol. The van der Waals surface area contributed by atoms with Crippen LogP contribution in [-0.4, -0.2) is 32.3 Å². The summed E-state index contributed by atoms with van der Waals surface area (Å²) in [4.78, 5) is 0.241. The van der Waals surface area contributed by atoms with Gasteiger partial charge in [0.25, 0.3) is 0 Å². The molecule has 0 spiro atoms. The van der Waals surface area contributed by atoms with E-state index in [1.807, 2.05) is 13.8 Å². The number of rotatable bonds is 4. The van der Waals surface area contributed by atoms with Crippen LogP contribution < -0.4 is 4.72 Å². The molecule has 2 N–H and O–H groups in total. The second kappa shape index (κ2) is 6.04. The number of nitrogens with one attached hydrogen (secondary N) is 1. The Bertz CT molecular complexity index is 619. The fourth-order valence-corrected chi connectivity index (χ4v) is 4.38. The third-order valence-electron chi connectivity index (χ3n) is 4.07. The summed E-state index contributed by atoms with van der Waals surface area (Å²) >= 11 is 0. The van der Waals surface area contributed by atoms with Crippen molar-refractivity contribution in [3.8, 4) is 0 Å². The molecule has 1 aromatic carbocycles. The zero-order chi connectivity index (χ0) is 15.7. The van der Waals surface area contributed by atoms with E-state index in [9.17, 15) is 13.5 Å². The van der Waals surface area contributed by atoms with Crippen LogP contribution in [0, 0.1) is 13.8 Å². The molecule has 118 valence electrons. The van der Waals surface area contributed by atoms with E-state index in [1.54, 1.807) is 19.1 Å². The molecule has 0 unspecified atom stereocenters. The van der Waals surface area contributed by atoms with Gasteiger partial charge in [-0.1, -0.05) is 6.07 Å². The van der Waals surface area contributed by atoms with Gasteiger partial charge in [0.1, 0.15) is 0 Å². The Labute approximate surface area is 126 Å². The van der Waals surface area contributed by atoms with E-state index in [0.29, 0.717) is 37.2 Å². The number of aliphatic hydroxyl groups excluding tert-OH is 1. The second-order valence-corrected chi connectivity index (χ2v) is 7.63. The number of hydrogen-bond donors (Lipinski definition) is 2. The van der Waals surface area contributed by atoms with Crippen LogP contribution in [-0.2, 0) is 21.4 Å². The first-order valence-electron chi connectivity index (χ1n) is 7.10. The molecule has 21 heavy (non-hydrogen) atoms. The van der Waals surface area contributed by atoms with Gasteiger partial charge in [-0.05, 0) is 56.4 Å². The molecule has 1 aliphatic heterocycles. The smallest absolute Gasteiger partial charge is 0.241 e. The molecule has 0 amide bonds. The Hall–Kier alpha value is -0.950. The van der Waals surface area contributed by atoms with Crippen molar-refractivity contribution in [1.29, 1.82) is 0 Å². The topological polar surface area (TPSA) is 75.6 Å². The highest BCUT2D eigenvalue weighted by atomic mass is 32.2. The molecule has 5 nitrogen and oxygen atoms in total. The normalized spacial score (nSPS) is 18.7. The second-order valence-electron chi connectivity index (χ2n) is 5.98. The first kappa shape index (κ1) is 16.4. The average molecular weight is 313 g/mol. The summed E-state index contributed by atoms with van der Waals surface area (Å²) < 4.78 is 33.4. The summed E-state index contributed by atoms with van der Waals surface area (Å²) in [5.74, 6) is 0. The van der Waals surface area contributed by atoms with Crippen LogP contribution in [0.1, 0.15) is 36.5 Å². The quantitative estimate of drug-likeness (QED) is 0.886. The summed E-state index contributed by atoms with van der Waals surface area (Å²) in [7, 11) is -3.62. The summed E-state index contributed by atoms with van der Waals surface area (Å²) in [5.41, 5.74) is 1.74. The molecule has 2 rings (SSSR count). The van der Waals surface area contributed by atoms with E-state index in [1.165, 1.54) is 0 Å². The molecule has 1 saturated heterocycles. The predicted molar refractivity (Wildman–Crippen MR) is 80.6 cm³/mol. The fourth-order valence-electron chi connectivity index (χ4n) is 2.64. The van der Waals surface area contributed by atoms with Gasteiger partial charge in [-0.3, -0.25) is 0 Å². The third kappa shape index (κ3) is 3.63. The van der Waals surface area contributed by atoms with Crippen molar-refractivity contribution in [2.24, 2.45) is 0 Å². The molecule has 1 heterocycles. The Morgan fingerprint density at radius 2 is 1.86 bits per heavy atom. The van der Waals surface area contributed by atoms with Gasteiger partial charge in [-0.15, -0.1) is 0 Å². The maximum absolute atomic E-state index is 12.7. The summed E-state index contributed by atoms with van der Waals surface area (Å²) in [6.45, 7) is 6.50. The van der Waals surface area contributed by atoms with E-state index in [0.717, 1.165) is 5.56 Å². The van der Waals surface area contributed by atoms with Gasteiger partial charge in [0.2, 0.25) is 10.0 Å². The molecule has 0 radical (unpaired) electrons. The van der Waals surface area contributed by atoms with Gasteiger partial charge in [-0.2, -0.15) is 0 Å². The number of aryl methyl sites for hydroxylation is 2. The number of hydrogen-bond acceptors (Lipinski definition) is 4. The molecule has 0 atom stereocenters. The first-order chi connectivity index (χ1) is 9.77. The lowest BCUT2D eigenvalue weighted by Crippen LogP contribution is -2.49. The summed E-state index contributed by atoms with van der Waals surface area (Å²) in [5, 5.41) is 9.34. The molecule has 1 fully saturated rings. The number of benzene rings is 1. The highest BCUT2D eigenvalue weighted by molar-refractivity contribution is 7.89. The zero-order valence-electron chi connectivity index (χ0n) is 12.8. The molecule has 0 aliphatic carbocycles. The number of aliphatic hydroxyl groups is 1. The van der Waals surface area contributed by atoms with Crippen molar-refractivity contribution < 1.29 is 18.3 Å². The van der Waals surface area contributed by atoms with Crippen molar-refractivity contribution in [2.75, 3.05) is 13.2 Å². The molecule has 1 aliphatic rings. The van der Waals surface area contributed by atoms with Crippen molar-refractivity contribution >= 4 is 10.0 Å². The molecule has 1 aromatic rings. The lowest BCUT2D eigenvalue weighted by molar-refractivity contribution is 0.0537. The van der Waals surface area contributed by atoms with E-state index in [4.69, 9.17) is 4.74 Å². The number of ether oxygens (including phenoxy) is 1. The highest BCUT2D eigenvalue weighted by Gasteiger charge is 2.33. The predicted octanol–water partition coefficient (Wildman–Crippen LogP) is 1.64. The molecular formula is C15H23NO4S. The van der Waals surface area contributed by atoms with Crippen LogP contribution in [0.3, 0.4) is 0 Å². The van der Waals surface area contributed by atoms with Crippen molar-refractivity contribution in [3.05, 3.63) is 28.8 Å². The highest BCUT2D eigenvalue weighted by Crippen LogP contribution is 2.26. The third-order valence-corrected chi connectivity index (χ3v) is 5.85. The van der Waals surface area contributed by atoms with Gasteiger partial charge >= 0.3 is 0 Å². The van der Waals surface area contributed by atoms with E-state index in [-0.39, 0.29) is 11.5 Å². The SMILES string of the molecule is Cc1cc(C)c(S(=O)(=O)NC2(C)CCOCC2)cc1CO. The van der Waals surface area contributed by atoms with Gasteiger partial charge in [0.15, 0.2) is 0 Å². The Morgan fingerprint density at radius 3 is 2.43 bits per heavy atom. The van der Waals surface area contributed by atoms with Crippen LogP contribution in [0.15, 0.2) is 17.0 Å². The lowest BCUT2D eigenvalue weighted by atomic mass is 9.94. The van der Waals surface area contributed by atoms with Crippen molar-refractivity contribution in [1.82, 2.24) is 4.72 Å². The summed E-state index contributed by atoms with van der Waals surface area (Å²) in [6, 6.07) is 3.36. The minimum absolute atomic E-state index is 0.167. The zero-order valence-corrected chi connectivity index (χ0v) is 13.6. The van der Waals surface area contributed by atoms with Crippen LogP contribution in [0.5, 0.6) is 0 Å². The molecule has 6 heteroatoms. The van der Waals surface area contributed by atoms with E-state index < -0.39 is 15.6 Å². The largest absolute Gasteiger partial charge is 0.392 e. The monoisotopic (exact) mass is 313 g/mol. The number of sulfonamides is 1. The standard InChI is InChI=1S/C15H23NO4S/c1-11-8-12(2)14(9-13(11)10-17)21(18,19)16-15(3)4-6-20-7-5-15/h8-9,16-17H,4-7,10H2,1-3H3. The Morgan fingerprint density at radius 1 is 1.24 bits per heavy atom. The van der Waals surface area contributed by atoms with Crippen LogP contribution in [0.4, 0.5) is 0 Å². The van der Waals surface area contributed by atoms with E-state index >= 15 is 0 Å². The van der Waals surface area contributed by atoms with Gasteiger partial charge in [-0.25, -0.2) is 13.1 Å². The molecule has 0 saturated carbocycles. The van der Waals surface area contributed by atoms with Crippen LogP contribution >= 0.6 is 0 Å². The van der Waals surface area contributed by atoms with Gasteiger partial charge in [0, 0.05) is 18.8 Å². The first-order valence-corrected chi connectivity index (χ1v) is 8.58. The van der Waals surface area contributed by atoms with Crippen LogP contribution in [0.2, 0.25) is 0 Å². The average Bonchev–Trinajstić information content (AvgIpc) is 2.38. The maximum atomic E-state index is 12.7. The van der Waals surface area contributed by atoms with Gasteiger partial charge in [0.05, 0.1) is 11.5 Å². The minimum atomic E-state index is -3.62. The summed E-state index contributed by atoms with van der Waals surface area (Å²) in [6.07, 6.45) is 1.31. The Kier molecular flexibility index (Phi) is 4.72. The van der Waals surface area contributed by atoms with Crippen molar-refractivity contribution in [3.63, 3.8) is 0 Å². The maximum Gasteiger partial charge on any atom is 0.241 e.